The first-order chi connectivity index (χ1) is 9.09. The molecule has 0 heterocycles. The second kappa shape index (κ2) is 16.5. The molecule has 0 aliphatic rings. The van der Waals surface area contributed by atoms with Crippen molar-refractivity contribution >= 4 is 6.72 Å². The summed E-state index contributed by atoms with van der Waals surface area (Å²) in [5.41, 5.74) is 0. The Morgan fingerprint density at radius 2 is 1.25 bits per heavy atom. The molecular weight excluding hydrogens is 242 g/mol. The zero-order valence-electron chi connectivity index (χ0n) is 15.9. The summed E-state index contributed by atoms with van der Waals surface area (Å²) < 4.78 is 0. The highest BCUT2D eigenvalue weighted by atomic mass is 14.7. The monoisotopic (exact) mass is 283 g/mol. The van der Waals surface area contributed by atoms with Crippen LogP contribution in [0.1, 0.15) is 75.7 Å². The van der Waals surface area contributed by atoms with Gasteiger partial charge in [-0.1, -0.05) is 67.5 Å². The van der Waals surface area contributed by atoms with E-state index in [-0.39, 0.29) is 0 Å². The maximum Gasteiger partial charge on any atom is 0.0436 e. The van der Waals surface area contributed by atoms with Crippen LogP contribution >= 0.6 is 0 Å². The normalized spacial score (nSPS) is 13.7. The molecule has 20 heavy (non-hydrogen) atoms. The Labute approximate surface area is 130 Å². The SMILES string of the molecule is C=NC(C)C.CC(C)C.CC/C=C\C(C)C(C)C(C)C. The van der Waals surface area contributed by atoms with Crippen molar-refractivity contribution in [2.45, 2.75) is 81.7 Å². The van der Waals surface area contributed by atoms with Crippen molar-refractivity contribution in [3.05, 3.63) is 12.2 Å². The van der Waals surface area contributed by atoms with E-state index in [0.717, 1.165) is 30.1 Å². The van der Waals surface area contributed by atoms with Crippen molar-refractivity contribution in [3.8, 4) is 0 Å². The Hall–Kier alpha value is -0.590. The summed E-state index contributed by atoms with van der Waals surface area (Å²) in [4.78, 5) is 3.64. The highest BCUT2D eigenvalue weighted by Crippen LogP contribution is 2.20. The van der Waals surface area contributed by atoms with Crippen LogP contribution in [0, 0.1) is 23.7 Å². The van der Waals surface area contributed by atoms with Crippen molar-refractivity contribution in [3.63, 3.8) is 0 Å². The van der Waals surface area contributed by atoms with Crippen LogP contribution in [0.3, 0.4) is 0 Å². The lowest BCUT2D eigenvalue weighted by Crippen LogP contribution is -2.11. The number of allylic oxidation sites excluding steroid dienone is 2. The van der Waals surface area contributed by atoms with Gasteiger partial charge in [-0.05, 0) is 50.7 Å². The molecule has 0 saturated heterocycles. The molecule has 0 aromatic carbocycles. The lowest BCUT2D eigenvalue weighted by molar-refractivity contribution is 0.342. The van der Waals surface area contributed by atoms with Crippen LogP contribution in [-0.4, -0.2) is 12.8 Å². The van der Waals surface area contributed by atoms with Gasteiger partial charge in [-0.3, -0.25) is 4.99 Å². The van der Waals surface area contributed by atoms with Gasteiger partial charge in [0.2, 0.25) is 0 Å². The number of nitrogens with zero attached hydrogens (tertiary/aromatic N) is 1. The summed E-state index contributed by atoms with van der Waals surface area (Å²) in [5.74, 6) is 3.17. The zero-order valence-corrected chi connectivity index (χ0v) is 15.9. The predicted octanol–water partition coefficient (Wildman–Crippen LogP) is 6.64. The molecule has 1 heteroatoms. The molecule has 0 aliphatic carbocycles. The Morgan fingerprint density at radius 3 is 1.45 bits per heavy atom. The number of aliphatic imine (C=N–C) groups is 1. The molecule has 0 amide bonds. The average Bonchev–Trinajstić information content (AvgIpc) is 2.34. The molecule has 0 aliphatic heterocycles. The molecular formula is C19H41N. The van der Waals surface area contributed by atoms with E-state index in [4.69, 9.17) is 0 Å². The maximum atomic E-state index is 3.64. The van der Waals surface area contributed by atoms with E-state index in [0.29, 0.717) is 6.04 Å². The summed E-state index contributed by atoms with van der Waals surface area (Å²) in [7, 11) is 0. The number of rotatable bonds is 5. The van der Waals surface area contributed by atoms with Crippen molar-refractivity contribution in [1.29, 1.82) is 0 Å². The van der Waals surface area contributed by atoms with Crippen LogP contribution in [0.5, 0.6) is 0 Å². The van der Waals surface area contributed by atoms with Crippen LogP contribution in [-0.2, 0) is 0 Å². The lowest BCUT2D eigenvalue weighted by atomic mass is 9.86. The third-order valence-electron chi connectivity index (χ3n) is 2.92. The lowest BCUT2D eigenvalue weighted by Gasteiger charge is -2.20. The second-order valence-electron chi connectivity index (χ2n) is 6.81. The van der Waals surface area contributed by atoms with Gasteiger partial charge >= 0.3 is 0 Å². The fraction of sp³-hybridized carbons (Fsp3) is 0.842. The molecule has 2 atom stereocenters. The molecule has 0 fully saturated rings. The molecule has 2 unspecified atom stereocenters. The Kier molecular flexibility index (Phi) is 20.1. The molecule has 0 spiro atoms. The van der Waals surface area contributed by atoms with Crippen LogP contribution in [0.25, 0.3) is 0 Å². The molecule has 0 aromatic rings. The van der Waals surface area contributed by atoms with E-state index in [1.165, 1.54) is 0 Å². The van der Waals surface area contributed by atoms with Crippen molar-refractivity contribution in [1.82, 2.24) is 0 Å². The third kappa shape index (κ3) is 26.1. The maximum absolute atomic E-state index is 3.64. The van der Waals surface area contributed by atoms with E-state index in [2.05, 4.69) is 79.3 Å². The summed E-state index contributed by atoms with van der Waals surface area (Å²) in [6, 6.07) is 0.398. The van der Waals surface area contributed by atoms with Gasteiger partial charge in [0.05, 0.1) is 0 Å². The molecule has 0 N–H and O–H groups in total. The van der Waals surface area contributed by atoms with Gasteiger partial charge in [-0.2, -0.15) is 0 Å². The minimum absolute atomic E-state index is 0.398. The van der Waals surface area contributed by atoms with E-state index in [9.17, 15) is 0 Å². The summed E-state index contributed by atoms with van der Waals surface area (Å²) in [6.07, 6.45) is 5.77. The van der Waals surface area contributed by atoms with Gasteiger partial charge in [0.25, 0.3) is 0 Å². The van der Waals surface area contributed by atoms with Crippen LogP contribution < -0.4 is 0 Å². The fourth-order valence-corrected chi connectivity index (χ4v) is 1.13. The average molecular weight is 284 g/mol. The van der Waals surface area contributed by atoms with Crippen LogP contribution in [0.4, 0.5) is 0 Å². The quantitative estimate of drug-likeness (QED) is 0.396. The fourth-order valence-electron chi connectivity index (χ4n) is 1.13. The zero-order chi connectivity index (χ0) is 16.7. The van der Waals surface area contributed by atoms with Gasteiger partial charge in [0.15, 0.2) is 0 Å². The molecule has 0 rings (SSSR count). The second-order valence-corrected chi connectivity index (χ2v) is 6.81. The molecule has 0 bridgehead atoms. The molecule has 0 aromatic heterocycles. The molecule has 122 valence electrons. The van der Waals surface area contributed by atoms with Crippen LogP contribution in [0.15, 0.2) is 17.1 Å². The van der Waals surface area contributed by atoms with E-state index in [1.807, 2.05) is 13.8 Å². The van der Waals surface area contributed by atoms with Gasteiger partial charge in [-0.15, -0.1) is 0 Å². The Bertz CT molecular complexity index is 211. The Morgan fingerprint density at radius 1 is 0.900 bits per heavy atom. The van der Waals surface area contributed by atoms with Crippen molar-refractivity contribution < 1.29 is 0 Å². The highest BCUT2D eigenvalue weighted by molar-refractivity contribution is 5.23. The summed E-state index contributed by atoms with van der Waals surface area (Å²) in [5, 5.41) is 0. The molecule has 0 radical (unpaired) electrons. The standard InChI is InChI=1S/C11H22.C4H9N.C4H10/c1-6-7-8-10(4)11(5)9(2)3;1-4(2)5-3;1-4(2)3/h7-11H,6H2,1-5H3;4H,3H2,1-2H3;4H,1-3H3/b8-7-;;. The van der Waals surface area contributed by atoms with Gasteiger partial charge in [0, 0.05) is 6.04 Å². The van der Waals surface area contributed by atoms with Crippen molar-refractivity contribution in [2.24, 2.45) is 28.7 Å². The first kappa shape index (κ1) is 24.4. The number of hydrogen-bond donors (Lipinski definition) is 0. The molecule has 0 saturated carbocycles. The first-order valence-electron chi connectivity index (χ1n) is 8.22. The van der Waals surface area contributed by atoms with Gasteiger partial charge in [-0.25, -0.2) is 0 Å². The first-order valence-corrected chi connectivity index (χ1v) is 8.22. The predicted molar refractivity (Wildman–Crippen MR) is 97.8 cm³/mol. The van der Waals surface area contributed by atoms with E-state index < -0.39 is 0 Å². The highest BCUT2D eigenvalue weighted by Gasteiger charge is 2.12. The largest absolute Gasteiger partial charge is 0.298 e. The van der Waals surface area contributed by atoms with Gasteiger partial charge in [0.1, 0.15) is 0 Å². The van der Waals surface area contributed by atoms with E-state index >= 15 is 0 Å². The minimum Gasteiger partial charge on any atom is -0.298 e. The number of hydrogen-bond acceptors (Lipinski definition) is 1. The summed E-state index contributed by atoms with van der Waals surface area (Å²) in [6.45, 7) is 25.2. The van der Waals surface area contributed by atoms with Crippen molar-refractivity contribution in [2.75, 3.05) is 0 Å². The summed E-state index contributed by atoms with van der Waals surface area (Å²) >= 11 is 0. The van der Waals surface area contributed by atoms with Gasteiger partial charge < -0.3 is 0 Å². The molecule has 1 nitrogen and oxygen atoms in total. The Balaban J connectivity index is -0.000000266. The third-order valence-corrected chi connectivity index (χ3v) is 2.92. The van der Waals surface area contributed by atoms with E-state index in [1.54, 1.807) is 0 Å². The smallest absolute Gasteiger partial charge is 0.0436 e. The van der Waals surface area contributed by atoms with Crippen LogP contribution in [0.2, 0.25) is 0 Å². The minimum atomic E-state index is 0.398. The topological polar surface area (TPSA) is 12.4 Å².